The van der Waals surface area contributed by atoms with E-state index in [1.54, 1.807) is 4.90 Å². The van der Waals surface area contributed by atoms with Crippen LogP contribution in [0.1, 0.15) is 59.8 Å². The molecule has 5 rings (SSSR count). The third-order valence-electron chi connectivity index (χ3n) is 6.78. The van der Waals surface area contributed by atoms with Gasteiger partial charge in [0.2, 0.25) is 5.91 Å². The zero-order valence-corrected chi connectivity index (χ0v) is 22.3. The van der Waals surface area contributed by atoms with Crippen molar-refractivity contribution in [3.05, 3.63) is 52.9 Å². The van der Waals surface area contributed by atoms with E-state index in [9.17, 15) is 14.0 Å². The van der Waals surface area contributed by atoms with Crippen molar-refractivity contribution in [1.82, 2.24) is 29.1 Å². The molecule has 0 bridgehead atoms. The van der Waals surface area contributed by atoms with E-state index in [2.05, 4.69) is 14.7 Å². The van der Waals surface area contributed by atoms with Gasteiger partial charge in [-0.15, -0.1) is 0 Å². The van der Waals surface area contributed by atoms with E-state index < -0.39 is 5.82 Å². The molecular weight excluding hydrogens is 511 g/mol. The van der Waals surface area contributed by atoms with Crippen LogP contribution < -0.4 is 5.32 Å². The summed E-state index contributed by atoms with van der Waals surface area (Å²) in [6, 6.07) is 5.18. The summed E-state index contributed by atoms with van der Waals surface area (Å²) >= 11 is 1.26. The summed E-state index contributed by atoms with van der Waals surface area (Å²) < 4.78 is 31.0. The fourth-order valence-electron chi connectivity index (χ4n) is 4.91. The molecule has 2 aromatic heterocycles. The second-order valence-electron chi connectivity index (χ2n) is 9.44. The first kappa shape index (κ1) is 26.4. The highest BCUT2D eigenvalue weighted by Crippen LogP contribution is 2.34. The molecule has 0 aliphatic carbocycles. The molecule has 2 aliphatic heterocycles. The molecule has 1 N–H and O–H groups in total. The lowest BCUT2D eigenvalue weighted by atomic mass is 10.0. The Kier molecular flexibility index (Phi) is 8.10. The Labute approximate surface area is 224 Å². The van der Waals surface area contributed by atoms with E-state index >= 15 is 0 Å². The van der Waals surface area contributed by atoms with Crippen molar-refractivity contribution >= 4 is 23.3 Å². The van der Waals surface area contributed by atoms with Crippen molar-refractivity contribution in [1.29, 1.82) is 0 Å². The van der Waals surface area contributed by atoms with Gasteiger partial charge in [-0.3, -0.25) is 9.59 Å². The van der Waals surface area contributed by atoms with Crippen molar-refractivity contribution in [3.63, 3.8) is 0 Å². The maximum absolute atomic E-state index is 13.4. The Hall–Kier alpha value is -3.22. The number of amides is 2. The number of benzene rings is 1. The zero-order chi connectivity index (χ0) is 26.6. The monoisotopic (exact) mass is 542 g/mol. The van der Waals surface area contributed by atoms with Crippen LogP contribution >= 0.6 is 11.5 Å². The van der Waals surface area contributed by atoms with Gasteiger partial charge < -0.3 is 24.3 Å². The lowest BCUT2D eigenvalue weighted by Gasteiger charge is -2.35. The van der Waals surface area contributed by atoms with Crippen molar-refractivity contribution in [2.45, 2.75) is 58.4 Å². The number of nitrogens with one attached hydrogen (secondary N) is 1. The molecule has 38 heavy (non-hydrogen) atoms. The molecule has 0 radical (unpaired) electrons. The molecule has 4 heterocycles. The molecule has 3 aromatic rings. The highest BCUT2D eigenvalue weighted by Gasteiger charge is 2.34. The first-order valence-electron chi connectivity index (χ1n) is 12.9. The van der Waals surface area contributed by atoms with Crippen molar-refractivity contribution < 1.29 is 23.5 Å². The van der Waals surface area contributed by atoms with Gasteiger partial charge in [-0.05, 0) is 68.9 Å². The van der Waals surface area contributed by atoms with Crippen LogP contribution in [0.25, 0.3) is 10.8 Å². The molecule has 202 valence electrons. The highest BCUT2D eigenvalue weighted by atomic mass is 32.1. The number of hydrogen-bond donors (Lipinski definition) is 1. The van der Waals surface area contributed by atoms with Gasteiger partial charge in [-0.25, -0.2) is 14.4 Å². The van der Waals surface area contributed by atoms with Gasteiger partial charge in [0.1, 0.15) is 11.6 Å². The first-order valence-corrected chi connectivity index (χ1v) is 13.6. The highest BCUT2D eigenvalue weighted by molar-refractivity contribution is 7.09. The van der Waals surface area contributed by atoms with Crippen molar-refractivity contribution in [2.24, 2.45) is 0 Å². The number of carbonyl (C=O) groups is 2. The van der Waals surface area contributed by atoms with E-state index in [1.807, 2.05) is 18.4 Å². The Morgan fingerprint density at radius 3 is 2.74 bits per heavy atom. The standard InChI is InChI=1S/C26H31FN6O4S/c1-16-23-20(15-21(34)28-10-14-37-22-5-3-4-13-36-22)30-24(25-29-17(2)31-38-25)33(23)12-11-32(16)26(35)18-6-8-19(27)9-7-18/h6-9,16,22H,3-5,10-15H2,1-2H3,(H,28,34)/t16?,22-/m1/s1. The van der Waals surface area contributed by atoms with Crippen LogP contribution in [-0.4, -0.2) is 68.2 Å². The van der Waals surface area contributed by atoms with Crippen LogP contribution in [0.3, 0.4) is 0 Å². The second kappa shape index (κ2) is 11.7. The average Bonchev–Trinajstić information content (AvgIpc) is 3.51. The van der Waals surface area contributed by atoms with Gasteiger partial charge in [0, 0.05) is 31.8 Å². The number of aromatic nitrogens is 4. The van der Waals surface area contributed by atoms with Crippen molar-refractivity contribution in [2.75, 3.05) is 26.3 Å². The maximum Gasteiger partial charge on any atom is 0.254 e. The number of fused-ring (bicyclic) bond motifs is 1. The topological polar surface area (TPSA) is 111 Å². The minimum atomic E-state index is -0.395. The van der Waals surface area contributed by atoms with E-state index in [4.69, 9.17) is 14.5 Å². The van der Waals surface area contributed by atoms with Crippen molar-refractivity contribution in [3.8, 4) is 10.8 Å². The summed E-state index contributed by atoms with van der Waals surface area (Å²) in [5.74, 6) is 0.518. The fraction of sp³-hybridized carbons (Fsp3) is 0.500. The predicted octanol–water partition coefficient (Wildman–Crippen LogP) is 3.27. The average molecular weight is 543 g/mol. The Morgan fingerprint density at radius 1 is 1.21 bits per heavy atom. The third kappa shape index (κ3) is 5.77. The van der Waals surface area contributed by atoms with Crippen LogP contribution in [0.5, 0.6) is 0 Å². The minimum Gasteiger partial charge on any atom is -0.353 e. The number of hydrogen-bond acceptors (Lipinski definition) is 8. The molecule has 1 unspecified atom stereocenters. The van der Waals surface area contributed by atoms with Crippen LogP contribution in [0.2, 0.25) is 0 Å². The molecule has 10 nitrogen and oxygen atoms in total. The van der Waals surface area contributed by atoms with Gasteiger partial charge in [-0.1, -0.05) is 0 Å². The Morgan fingerprint density at radius 2 is 2.03 bits per heavy atom. The van der Waals surface area contributed by atoms with E-state index in [0.29, 0.717) is 60.8 Å². The van der Waals surface area contributed by atoms with Crippen LogP contribution in [0, 0.1) is 12.7 Å². The summed E-state index contributed by atoms with van der Waals surface area (Å²) in [5, 5.41) is 3.57. The Balaban J connectivity index is 1.33. The SMILES string of the molecule is Cc1nsc(-c2nc(CC(=O)NCCO[C@@H]3CCCCO3)c3n2CCN(C(=O)c2ccc(F)cc2)C3C)n1. The normalized spacial score (nSPS) is 19.3. The molecular formula is C26H31FN6O4S. The van der Waals surface area contributed by atoms with E-state index in [0.717, 1.165) is 25.0 Å². The maximum atomic E-state index is 13.4. The zero-order valence-electron chi connectivity index (χ0n) is 21.5. The van der Waals surface area contributed by atoms with Gasteiger partial charge in [0.05, 0.1) is 30.5 Å². The second-order valence-corrected chi connectivity index (χ2v) is 10.2. The summed E-state index contributed by atoms with van der Waals surface area (Å²) in [7, 11) is 0. The number of nitrogens with zero attached hydrogens (tertiary/aromatic N) is 5. The largest absolute Gasteiger partial charge is 0.353 e. The lowest BCUT2D eigenvalue weighted by Crippen LogP contribution is -2.41. The van der Waals surface area contributed by atoms with Gasteiger partial charge in [-0.2, -0.15) is 4.37 Å². The molecule has 12 heteroatoms. The number of halogens is 1. The summed E-state index contributed by atoms with van der Waals surface area (Å²) in [4.78, 5) is 37.2. The molecule has 2 amide bonds. The number of aryl methyl sites for hydroxylation is 1. The minimum absolute atomic E-state index is 0.0516. The molecule has 2 atom stereocenters. The predicted molar refractivity (Wildman–Crippen MR) is 138 cm³/mol. The molecule has 0 spiro atoms. The van der Waals surface area contributed by atoms with Gasteiger partial charge >= 0.3 is 0 Å². The van der Waals surface area contributed by atoms with E-state index in [-0.39, 0.29) is 30.6 Å². The van der Waals surface area contributed by atoms with Crippen LogP contribution in [0.15, 0.2) is 24.3 Å². The quantitative estimate of drug-likeness (QED) is 0.435. The lowest BCUT2D eigenvalue weighted by molar-refractivity contribution is -0.161. The number of ether oxygens (including phenoxy) is 2. The molecule has 1 saturated heterocycles. The van der Waals surface area contributed by atoms with Gasteiger partial charge in [0.25, 0.3) is 5.91 Å². The molecule has 1 aromatic carbocycles. The van der Waals surface area contributed by atoms with Crippen LogP contribution in [-0.2, 0) is 27.2 Å². The Bertz CT molecular complexity index is 1290. The third-order valence-corrected chi connectivity index (χ3v) is 7.58. The molecule has 0 saturated carbocycles. The summed E-state index contributed by atoms with van der Waals surface area (Å²) in [5.41, 5.74) is 1.79. The summed E-state index contributed by atoms with van der Waals surface area (Å²) in [6.45, 7) is 6.11. The molecule has 1 fully saturated rings. The van der Waals surface area contributed by atoms with E-state index in [1.165, 1.54) is 35.8 Å². The van der Waals surface area contributed by atoms with Gasteiger partial charge in [0.15, 0.2) is 17.1 Å². The number of rotatable bonds is 8. The molecule has 2 aliphatic rings. The smallest absolute Gasteiger partial charge is 0.254 e. The van der Waals surface area contributed by atoms with Crippen LogP contribution in [0.4, 0.5) is 4.39 Å². The first-order chi connectivity index (χ1) is 18.4. The number of carbonyl (C=O) groups excluding carboxylic acids is 2. The number of imidazole rings is 1. The fourth-order valence-corrected chi connectivity index (χ4v) is 5.58. The summed E-state index contributed by atoms with van der Waals surface area (Å²) in [6.07, 6.45) is 2.85.